The van der Waals surface area contributed by atoms with E-state index in [1.54, 1.807) is 7.11 Å². The molecule has 0 amide bonds. The Hall–Kier alpha value is -2.30. The zero-order valence-electron chi connectivity index (χ0n) is 12.2. The Balaban J connectivity index is 1.86. The number of benzene rings is 1. The van der Waals surface area contributed by atoms with Crippen LogP contribution in [0.4, 0.5) is 0 Å². The first kappa shape index (κ1) is 12.4. The van der Waals surface area contributed by atoms with Crippen LogP contribution in [0.3, 0.4) is 0 Å². The minimum atomic E-state index is 0.478. The standard InChI is InChI=1S/C16H17N3O2/c1-3-19-9-13(12-7-6-11(20-2)8-14(12)19)15-17-16(21-18-15)10-4-5-10/h6-10H,3-5H2,1-2H3. The van der Waals surface area contributed by atoms with E-state index in [2.05, 4.69) is 33.9 Å². The van der Waals surface area contributed by atoms with Crippen molar-refractivity contribution in [1.29, 1.82) is 0 Å². The molecular formula is C16H17N3O2. The number of nitrogens with zero attached hydrogens (tertiary/aromatic N) is 3. The Kier molecular flexibility index (Phi) is 2.74. The molecule has 0 unspecified atom stereocenters. The minimum absolute atomic E-state index is 0.478. The number of hydrogen-bond donors (Lipinski definition) is 0. The average molecular weight is 283 g/mol. The van der Waals surface area contributed by atoms with Gasteiger partial charge in [0.2, 0.25) is 11.7 Å². The van der Waals surface area contributed by atoms with Gasteiger partial charge in [-0.25, -0.2) is 0 Å². The van der Waals surface area contributed by atoms with Crippen LogP contribution in [0.2, 0.25) is 0 Å². The number of ether oxygens (including phenoxy) is 1. The molecule has 0 aliphatic heterocycles. The summed E-state index contributed by atoms with van der Waals surface area (Å²) in [6.07, 6.45) is 4.41. The number of hydrogen-bond acceptors (Lipinski definition) is 4. The minimum Gasteiger partial charge on any atom is -0.497 e. The summed E-state index contributed by atoms with van der Waals surface area (Å²) in [6, 6.07) is 6.07. The van der Waals surface area contributed by atoms with Crippen LogP contribution in [-0.4, -0.2) is 21.8 Å². The quantitative estimate of drug-likeness (QED) is 0.734. The maximum absolute atomic E-state index is 5.38. The monoisotopic (exact) mass is 283 g/mol. The lowest BCUT2D eigenvalue weighted by atomic mass is 10.1. The van der Waals surface area contributed by atoms with Crippen molar-refractivity contribution in [2.24, 2.45) is 0 Å². The second-order valence-corrected chi connectivity index (χ2v) is 5.44. The van der Waals surface area contributed by atoms with Crippen molar-refractivity contribution >= 4 is 10.9 Å². The Labute approximate surface area is 122 Å². The van der Waals surface area contributed by atoms with Gasteiger partial charge in [-0.2, -0.15) is 4.98 Å². The molecule has 0 N–H and O–H groups in total. The van der Waals surface area contributed by atoms with Crippen molar-refractivity contribution < 1.29 is 9.26 Å². The van der Waals surface area contributed by atoms with Gasteiger partial charge >= 0.3 is 0 Å². The maximum Gasteiger partial charge on any atom is 0.230 e. The summed E-state index contributed by atoms with van der Waals surface area (Å²) in [5, 5.41) is 5.28. The Bertz CT molecular complexity index is 799. The zero-order chi connectivity index (χ0) is 14.4. The molecule has 5 nitrogen and oxygen atoms in total. The summed E-state index contributed by atoms with van der Waals surface area (Å²) in [6.45, 7) is 3.01. The smallest absolute Gasteiger partial charge is 0.230 e. The van der Waals surface area contributed by atoms with E-state index in [0.29, 0.717) is 11.7 Å². The van der Waals surface area contributed by atoms with Gasteiger partial charge in [0.1, 0.15) is 5.75 Å². The van der Waals surface area contributed by atoms with Crippen LogP contribution < -0.4 is 4.74 Å². The van der Waals surface area contributed by atoms with Gasteiger partial charge in [0.15, 0.2) is 0 Å². The summed E-state index contributed by atoms with van der Waals surface area (Å²) in [5.74, 6) is 2.79. The Morgan fingerprint density at radius 1 is 1.38 bits per heavy atom. The molecule has 4 rings (SSSR count). The molecule has 1 aliphatic carbocycles. The SMILES string of the molecule is CCn1cc(-c2noc(C3CC3)n2)c2ccc(OC)cc21. The van der Waals surface area contributed by atoms with Gasteiger partial charge in [0.05, 0.1) is 12.6 Å². The van der Waals surface area contributed by atoms with Crippen LogP contribution in [-0.2, 0) is 6.54 Å². The first-order valence-electron chi connectivity index (χ1n) is 7.31. The molecule has 1 aromatic carbocycles. The highest BCUT2D eigenvalue weighted by molar-refractivity contribution is 5.95. The van der Waals surface area contributed by atoms with Crippen molar-refractivity contribution in [3.63, 3.8) is 0 Å². The average Bonchev–Trinajstić information content (AvgIpc) is 3.14. The fourth-order valence-corrected chi connectivity index (χ4v) is 2.68. The summed E-state index contributed by atoms with van der Waals surface area (Å²) in [5.41, 5.74) is 2.15. The number of rotatable bonds is 4. The second-order valence-electron chi connectivity index (χ2n) is 5.44. The van der Waals surface area contributed by atoms with Crippen LogP contribution in [0.15, 0.2) is 28.9 Å². The molecule has 3 aromatic rings. The van der Waals surface area contributed by atoms with E-state index in [9.17, 15) is 0 Å². The number of aryl methyl sites for hydroxylation is 1. The van der Waals surface area contributed by atoms with Gasteiger partial charge in [0, 0.05) is 35.7 Å². The Morgan fingerprint density at radius 3 is 2.95 bits per heavy atom. The predicted molar refractivity (Wildman–Crippen MR) is 79.4 cm³/mol. The topological polar surface area (TPSA) is 53.1 Å². The maximum atomic E-state index is 5.38. The molecule has 1 aliphatic rings. The Morgan fingerprint density at radius 2 is 2.24 bits per heavy atom. The fourth-order valence-electron chi connectivity index (χ4n) is 2.68. The van der Waals surface area contributed by atoms with Crippen molar-refractivity contribution in [3.8, 4) is 17.1 Å². The lowest BCUT2D eigenvalue weighted by Gasteiger charge is -2.03. The molecule has 2 aromatic heterocycles. The third-order valence-corrected chi connectivity index (χ3v) is 4.04. The first-order chi connectivity index (χ1) is 10.3. The van der Waals surface area contributed by atoms with Crippen LogP contribution in [0.5, 0.6) is 5.75 Å². The lowest BCUT2D eigenvalue weighted by Crippen LogP contribution is -1.91. The van der Waals surface area contributed by atoms with Gasteiger partial charge in [-0.1, -0.05) is 5.16 Å². The first-order valence-corrected chi connectivity index (χ1v) is 7.31. The van der Waals surface area contributed by atoms with Crippen LogP contribution in [0.25, 0.3) is 22.3 Å². The van der Waals surface area contributed by atoms with Gasteiger partial charge in [-0.05, 0) is 31.9 Å². The third kappa shape index (κ3) is 2.00. The second kappa shape index (κ2) is 4.62. The largest absolute Gasteiger partial charge is 0.497 e. The molecule has 108 valence electrons. The molecule has 0 atom stereocenters. The van der Waals surface area contributed by atoms with E-state index >= 15 is 0 Å². The van der Waals surface area contributed by atoms with E-state index < -0.39 is 0 Å². The third-order valence-electron chi connectivity index (χ3n) is 4.04. The molecule has 0 radical (unpaired) electrons. The summed E-state index contributed by atoms with van der Waals surface area (Å²) in [4.78, 5) is 4.56. The summed E-state index contributed by atoms with van der Waals surface area (Å²) in [7, 11) is 1.68. The van der Waals surface area contributed by atoms with E-state index in [-0.39, 0.29) is 0 Å². The van der Waals surface area contributed by atoms with Crippen molar-refractivity contribution in [3.05, 3.63) is 30.3 Å². The van der Waals surface area contributed by atoms with Crippen molar-refractivity contribution in [2.75, 3.05) is 7.11 Å². The molecule has 5 heteroatoms. The van der Waals surface area contributed by atoms with E-state index in [1.165, 1.54) is 0 Å². The van der Waals surface area contributed by atoms with E-state index in [4.69, 9.17) is 9.26 Å². The number of fused-ring (bicyclic) bond motifs is 1. The van der Waals surface area contributed by atoms with Crippen molar-refractivity contribution in [1.82, 2.24) is 14.7 Å². The zero-order valence-corrected chi connectivity index (χ0v) is 12.2. The molecular weight excluding hydrogens is 266 g/mol. The molecule has 0 spiro atoms. The highest BCUT2D eigenvalue weighted by Crippen LogP contribution is 2.40. The van der Waals surface area contributed by atoms with Crippen LogP contribution >= 0.6 is 0 Å². The molecule has 0 saturated heterocycles. The molecule has 1 fully saturated rings. The molecule has 21 heavy (non-hydrogen) atoms. The van der Waals surface area contributed by atoms with Crippen LogP contribution in [0, 0.1) is 0 Å². The molecule has 0 bridgehead atoms. The van der Waals surface area contributed by atoms with Crippen LogP contribution in [0.1, 0.15) is 31.6 Å². The van der Waals surface area contributed by atoms with E-state index in [0.717, 1.165) is 47.5 Å². The summed E-state index contributed by atoms with van der Waals surface area (Å²) < 4.78 is 12.9. The fraction of sp³-hybridized carbons (Fsp3) is 0.375. The van der Waals surface area contributed by atoms with Gasteiger partial charge in [-0.3, -0.25) is 0 Å². The molecule has 2 heterocycles. The van der Waals surface area contributed by atoms with E-state index in [1.807, 2.05) is 12.1 Å². The van der Waals surface area contributed by atoms with Gasteiger partial charge in [0.25, 0.3) is 0 Å². The highest BCUT2D eigenvalue weighted by atomic mass is 16.5. The van der Waals surface area contributed by atoms with Crippen molar-refractivity contribution in [2.45, 2.75) is 32.2 Å². The summed E-state index contributed by atoms with van der Waals surface area (Å²) >= 11 is 0. The lowest BCUT2D eigenvalue weighted by molar-refractivity contribution is 0.380. The molecule has 1 saturated carbocycles. The predicted octanol–water partition coefficient (Wildman–Crippen LogP) is 3.60. The van der Waals surface area contributed by atoms with Gasteiger partial charge < -0.3 is 13.8 Å². The highest BCUT2D eigenvalue weighted by Gasteiger charge is 2.30. The van der Waals surface area contributed by atoms with Gasteiger partial charge in [-0.15, -0.1) is 0 Å². The number of methoxy groups -OCH3 is 1. The normalized spacial score (nSPS) is 14.8. The number of aromatic nitrogens is 3.